The third kappa shape index (κ3) is 8.07. The summed E-state index contributed by atoms with van der Waals surface area (Å²) in [5.74, 6) is -1.33. The molecule has 0 amide bonds. The first-order chi connectivity index (χ1) is 13.4. The quantitative estimate of drug-likeness (QED) is 0.551. The molecule has 0 saturated carbocycles. The van der Waals surface area contributed by atoms with E-state index in [2.05, 4.69) is 5.32 Å². The lowest BCUT2D eigenvalue weighted by atomic mass is 10.1. The maximum atomic E-state index is 12.7. The van der Waals surface area contributed by atoms with Crippen molar-refractivity contribution < 1.29 is 32.9 Å². The Bertz CT molecular complexity index is 940. The first-order valence-electron chi connectivity index (χ1n) is 7.61. The van der Waals surface area contributed by atoms with Gasteiger partial charge in [0.05, 0.1) is 21.7 Å². The Hall–Kier alpha value is -3.96. The molecule has 9 nitrogen and oxygen atoms in total. The van der Waals surface area contributed by atoms with E-state index in [9.17, 15) is 33.2 Å². The van der Waals surface area contributed by atoms with Crippen molar-refractivity contribution in [2.75, 3.05) is 12.4 Å². The van der Waals surface area contributed by atoms with Crippen molar-refractivity contribution in [3.8, 4) is 0 Å². The van der Waals surface area contributed by atoms with Gasteiger partial charge >= 0.3 is 12.1 Å². The minimum absolute atomic E-state index is 0.0603. The van der Waals surface area contributed by atoms with Crippen molar-refractivity contribution in [1.29, 1.82) is 0 Å². The number of nitrogens with one attached hydrogen (secondary N) is 1. The molecule has 0 aromatic heterocycles. The summed E-state index contributed by atoms with van der Waals surface area (Å²) < 4.78 is 38.2. The van der Waals surface area contributed by atoms with E-state index in [1.54, 1.807) is 0 Å². The first kappa shape index (κ1) is 23.1. The number of anilines is 2. The fourth-order valence-corrected chi connectivity index (χ4v) is 2.03. The molecule has 0 heterocycles. The number of carbonyl (C=O) groups is 1. The van der Waals surface area contributed by atoms with Gasteiger partial charge in [0.2, 0.25) is 6.20 Å². The number of benzene rings is 2. The van der Waals surface area contributed by atoms with Gasteiger partial charge in [-0.3, -0.25) is 20.2 Å². The Labute approximate surface area is 161 Å². The summed E-state index contributed by atoms with van der Waals surface area (Å²) in [6, 6.07) is 8.21. The van der Waals surface area contributed by atoms with Crippen molar-refractivity contribution in [1.82, 2.24) is 0 Å². The molecule has 0 saturated heterocycles. The maximum absolute atomic E-state index is 12.7. The number of rotatable bonds is 5. The highest BCUT2D eigenvalue weighted by Crippen LogP contribution is 2.32. The highest BCUT2D eigenvalue weighted by Gasteiger charge is 2.30. The van der Waals surface area contributed by atoms with E-state index >= 15 is 0 Å². The van der Waals surface area contributed by atoms with E-state index in [1.807, 2.05) is 0 Å². The molecular weight excluding hydrogens is 399 g/mol. The molecule has 0 radical (unpaired) electrons. The highest BCUT2D eigenvalue weighted by molar-refractivity contribution is 5.96. The molecule has 0 aliphatic heterocycles. The van der Waals surface area contributed by atoms with Crippen LogP contribution >= 0.6 is 0 Å². The third-order valence-corrected chi connectivity index (χ3v) is 3.13. The third-order valence-electron chi connectivity index (χ3n) is 3.13. The van der Waals surface area contributed by atoms with Crippen molar-refractivity contribution in [2.24, 2.45) is 0 Å². The van der Waals surface area contributed by atoms with Gasteiger partial charge in [-0.1, -0.05) is 12.1 Å². The molecule has 29 heavy (non-hydrogen) atoms. The van der Waals surface area contributed by atoms with E-state index in [0.29, 0.717) is 6.20 Å². The lowest BCUT2D eigenvalue weighted by Crippen LogP contribution is -2.06. The molecule has 2 N–H and O–H groups in total. The van der Waals surface area contributed by atoms with Crippen LogP contribution in [0.2, 0.25) is 0 Å². The van der Waals surface area contributed by atoms with E-state index in [4.69, 9.17) is 10.1 Å². The first-order valence-corrected chi connectivity index (χ1v) is 7.61. The van der Waals surface area contributed by atoms with Gasteiger partial charge in [0.1, 0.15) is 0 Å². The summed E-state index contributed by atoms with van der Waals surface area (Å²) in [5.41, 5.74) is -0.720. The zero-order valence-corrected chi connectivity index (χ0v) is 14.7. The maximum Gasteiger partial charge on any atom is 0.416 e. The van der Waals surface area contributed by atoms with E-state index in [1.165, 1.54) is 30.3 Å². The van der Waals surface area contributed by atoms with Gasteiger partial charge in [-0.15, -0.1) is 0 Å². The second kappa shape index (κ2) is 9.82. The molecule has 2 aromatic rings. The second-order valence-electron chi connectivity index (χ2n) is 5.35. The minimum atomic E-state index is -4.52. The lowest BCUT2D eigenvalue weighted by molar-refractivity contribution is -0.445. The molecule has 0 aliphatic rings. The van der Waals surface area contributed by atoms with Crippen LogP contribution in [0.3, 0.4) is 0 Å². The fourth-order valence-electron chi connectivity index (χ4n) is 2.03. The summed E-state index contributed by atoms with van der Waals surface area (Å²) >= 11 is 0. The van der Waals surface area contributed by atoms with Crippen LogP contribution in [-0.4, -0.2) is 28.0 Å². The van der Waals surface area contributed by atoms with Crippen LogP contribution in [0.4, 0.5) is 24.5 Å². The SMILES string of the molecule is C[N+](=O)[O-].O=C(O)c1cc(/C=C/[N+](=O)[O-])ccc1Nc1cccc(C(F)(F)F)c1. The van der Waals surface area contributed by atoms with E-state index < -0.39 is 27.6 Å². The Morgan fingerprint density at radius 3 is 2.28 bits per heavy atom. The average molecular weight is 413 g/mol. The molecule has 154 valence electrons. The summed E-state index contributed by atoms with van der Waals surface area (Å²) in [6.45, 7) is 0. The number of halogens is 3. The molecule has 0 aliphatic carbocycles. The van der Waals surface area contributed by atoms with E-state index in [0.717, 1.165) is 25.3 Å². The second-order valence-corrected chi connectivity index (χ2v) is 5.35. The summed E-state index contributed by atoms with van der Waals surface area (Å²) in [4.78, 5) is 29.3. The highest BCUT2D eigenvalue weighted by atomic mass is 19.4. The molecule has 0 atom stereocenters. The monoisotopic (exact) mass is 413 g/mol. The minimum Gasteiger partial charge on any atom is -0.478 e. The lowest BCUT2D eigenvalue weighted by Gasteiger charge is -2.13. The standard InChI is InChI=1S/C16H11F3N2O4.CH3NO2/c17-16(18,19)11-2-1-3-12(9-11)20-14-5-4-10(6-7-21(24)25)8-13(14)15(22)23;1-2(3)4/h1-9,20H,(H,22,23);1H3/b7-6+;. The van der Waals surface area contributed by atoms with Crippen molar-refractivity contribution in [2.45, 2.75) is 6.18 Å². The van der Waals surface area contributed by atoms with Gasteiger partial charge in [0.15, 0.2) is 7.05 Å². The Balaban J connectivity index is 0.000000960. The molecule has 2 rings (SSSR count). The Morgan fingerprint density at radius 1 is 1.14 bits per heavy atom. The van der Waals surface area contributed by atoms with Crippen molar-refractivity contribution in [3.63, 3.8) is 0 Å². The molecule has 0 unspecified atom stereocenters. The number of hydrogen-bond donors (Lipinski definition) is 2. The predicted octanol–water partition coefficient (Wildman–Crippen LogP) is 4.29. The number of alkyl halides is 3. The Kier molecular flexibility index (Phi) is 7.82. The summed E-state index contributed by atoms with van der Waals surface area (Å²) in [5, 5.41) is 31.0. The number of nitrogens with zero attached hydrogens (tertiary/aromatic N) is 2. The van der Waals surface area contributed by atoms with E-state index in [-0.39, 0.29) is 22.5 Å². The summed E-state index contributed by atoms with van der Waals surface area (Å²) in [7, 11) is 0.889. The number of hydrogen-bond acceptors (Lipinski definition) is 6. The number of carboxylic acid groups (broad SMARTS) is 1. The van der Waals surface area contributed by atoms with Gasteiger partial charge in [-0.2, -0.15) is 13.2 Å². The Morgan fingerprint density at radius 2 is 1.76 bits per heavy atom. The van der Waals surface area contributed by atoms with Crippen molar-refractivity contribution >= 4 is 23.4 Å². The van der Waals surface area contributed by atoms with Crippen LogP contribution < -0.4 is 5.32 Å². The van der Waals surface area contributed by atoms with Gasteiger partial charge in [0.25, 0.3) is 0 Å². The van der Waals surface area contributed by atoms with Crippen LogP contribution in [0.25, 0.3) is 6.08 Å². The molecule has 0 spiro atoms. The number of nitro groups is 2. The average Bonchev–Trinajstić information content (AvgIpc) is 2.59. The van der Waals surface area contributed by atoms with Crippen molar-refractivity contribution in [3.05, 3.63) is 85.6 Å². The molecule has 0 bridgehead atoms. The zero-order chi connectivity index (χ0) is 22.2. The predicted molar refractivity (Wildman–Crippen MR) is 97.1 cm³/mol. The van der Waals surface area contributed by atoms with Crippen LogP contribution in [0.1, 0.15) is 21.5 Å². The van der Waals surface area contributed by atoms with Crippen LogP contribution in [0, 0.1) is 20.2 Å². The molecule has 2 aromatic carbocycles. The van der Waals surface area contributed by atoms with Crippen LogP contribution in [-0.2, 0) is 6.18 Å². The number of carboxylic acids is 1. The largest absolute Gasteiger partial charge is 0.478 e. The normalized spacial score (nSPS) is 10.8. The molecular formula is C17H14F3N3O6. The topological polar surface area (TPSA) is 136 Å². The molecule has 12 heteroatoms. The fraction of sp³-hybridized carbons (Fsp3) is 0.118. The van der Waals surface area contributed by atoms with Gasteiger partial charge < -0.3 is 10.4 Å². The smallest absolute Gasteiger partial charge is 0.416 e. The van der Waals surface area contributed by atoms with Gasteiger partial charge in [-0.25, -0.2) is 4.79 Å². The summed E-state index contributed by atoms with van der Waals surface area (Å²) in [6.07, 6.45) is -2.76. The number of aromatic carboxylic acids is 1. The van der Waals surface area contributed by atoms with Crippen LogP contribution in [0.15, 0.2) is 48.7 Å². The molecule has 0 fully saturated rings. The van der Waals surface area contributed by atoms with Gasteiger partial charge in [0, 0.05) is 16.7 Å². The zero-order valence-electron chi connectivity index (χ0n) is 14.7. The van der Waals surface area contributed by atoms with Crippen LogP contribution in [0.5, 0.6) is 0 Å². The van der Waals surface area contributed by atoms with Gasteiger partial charge in [-0.05, 0) is 35.9 Å².